The van der Waals surface area contributed by atoms with Gasteiger partial charge in [-0.1, -0.05) is 30.3 Å². The van der Waals surface area contributed by atoms with Crippen molar-refractivity contribution in [1.29, 1.82) is 0 Å². The van der Waals surface area contributed by atoms with Crippen LogP contribution in [0.5, 0.6) is 0 Å². The molecule has 0 aliphatic carbocycles. The van der Waals surface area contributed by atoms with Gasteiger partial charge in [-0.05, 0) is 11.6 Å². The Balaban J connectivity index is 1.87. The van der Waals surface area contributed by atoms with Gasteiger partial charge < -0.3 is 31.5 Å². The van der Waals surface area contributed by atoms with E-state index in [0.29, 0.717) is 0 Å². The van der Waals surface area contributed by atoms with Gasteiger partial charge in [0, 0.05) is 12.7 Å². The van der Waals surface area contributed by atoms with Crippen LogP contribution >= 0.6 is 0 Å². The highest BCUT2D eigenvalue weighted by atomic mass is 16.4. The maximum absolute atomic E-state index is 12.6. The molecule has 0 aliphatic rings. The number of hydrogen-bond acceptors (Lipinski definition) is 8. The average molecular weight is 387 g/mol. The lowest BCUT2D eigenvalue weighted by Crippen LogP contribution is -2.35. The summed E-state index contributed by atoms with van der Waals surface area (Å²) < 4.78 is 1.28. The van der Waals surface area contributed by atoms with Gasteiger partial charge in [0.1, 0.15) is 23.9 Å². The van der Waals surface area contributed by atoms with Crippen LogP contribution in [-0.4, -0.2) is 59.7 Å². The first kappa shape index (κ1) is 19.7. The molecular weight excluding hydrogens is 366 g/mol. The van der Waals surface area contributed by atoms with Crippen molar-refractivity contribution in [3.05, 3.63) is 59.4 Å². The van der Waals surface area contributed by atoms with Crippen molar-refractivity contribution < 1.29 is 25.2 Å². The smallest absolute Gasteiger partial charge is 0.259 e. The molecule has 7 N–H and O–H groups in total. The van der Waals surface area contributed by atoms with Crippen LogP contribution in [0.15, 0.2) is 42.6 Å². The monoisotopic (exact) mass is 387 g/mol. The molecular formula is C18H21N5O5. The van der Waals surface area contributed by atoms with Gasteiger partial charge in [-0.15, -0.1) is 5.10 Å². The lowest BCUT2D eigenvalue weighted by Gasteiger charge is -2.21. The number of anilines is 1. The standard InChI is InChI=1S/C18H21N5O5/c19-16-13(18(28)20-8-10-4-2-1-3-5-10)17-21-11(6-7-23(17)22-16)14(26)15(27)12(25)9-24/h1-7,12,14-15,24-27H,8-9H2,(H2,19,22)(H,20,28)/t12-,14+,15+/m1/s1. The lowest BCUT2D eigenvalue weighted by atomic mass is 10.1. The molecule has 2 aromatic heterocycles. The number of benzene rings is 1. The first-order chi connectivity index (χ1) is 13.4. The SMILES string of the molecule is Nc1nn2ccc([C@H](O)[C@@H](O)[C@H](O)CO)nc2c1C(=O)NCc1ccccc1. The van der Waals surface area contributed by atoms with E-state index in [9.17, 15) is 20.1 Å². The second kappa shape index (κ2) is 8.31. The molecule has 0 fully saturated rings. The summed E-state index contributed by atoms with van der Waals surface area (Å²) in [5.41, 5.74) is 6.87. The zero-order chi connectivity index (χ0) is 20.3. The van der Waals surface area contributed by atoms with E-state index < -0.39 is 30.8 Å². The summed E-state index contributed by atoms with van der Waals surface area (Å²) in [6.07, 6.45) is -3.36. The second-order valence-corrected chi connectivity index (χ2v) is 6.23. The van der Waals surface area contributed by atoms with Crippen molar-refractivity contribution in [3.8, 4) is 0 Å². The second-order valence-electron chi connectivity index (χ2n) is 6.23. The van der Waals surface area contributed by atoms with Gasteiger partial charge in [0.2, 0.25) is 0 Å². The summed E-state index contributed by atoms with van der Waals surface area (Å²) >= 11 is 0. The molecule has 0 bridgehead atoms. The number of nitrogens with two attached hydrogens (primary N) is 1. The summed E-state index contributed by atoms with van der Waals surface area (Å²) in [4.78, 5) is 16.8. The molecule has 0 unspecified atom stereocenters. The van der Waals surface area contributed by atoms with E-state index in [1.807, 2.05) is 30.3 Å². The minimum atomic E-state index is -1.66. The Hall–Kier alpha value is -3.05. The molecule has 1 amide bonds. The van der Waals surface area contributed by atoms with Gasteiger partial charge in [-0.2, -0.15) is 0 Å². The van der Waals surface area contributed by atoms with E-state index in [1.165, 1.54) is 16.8 Å². The van der Waals surface area contributed by atoms with Crippen molar-refractivity contribution >= 4 is 17.4 Å². The summed E-state index contributed by atoms with van der Waals surface area (Å²) in [5, 5.41) is 45.3. The van der Waals surface area contributed by atoms with Gasteiger partial charge in [0.25, 0.3) is 5.91 Å². The predicted octanol–water partition coefficient (Wildman–Crippen LogP) is -1.01. The molecule has 2 heterocycles. The first-order valence-electron chi connectivity index (χ1n) is 8.54. The van der Waals surface area contributed by atoms with Crippen molar-refractivity contribution in [2.75, 3.05) is 12.3 Å². The highest BCUT2D eigenvalue weighted by molar-refractivity contribution is 6.04. The van der Waals surface area contributed by atoms with Gasteiger partial charge in [-0.25, -0.2) is 9.50 Å². The number of aliphatic hydroxyl groups is 4. The Morgan fingerprint density at radius 1 is 1.18 bits per heavy atom. The average Bonchev–Trinajstić information content (AvgIpc) is 3.05. The molecule has 0 saturated carbocycles. The number of fused-ring (bicyclic) bond motifs is 1. The molecule has 148 valence electrons. The van der Waals surface area contributed by atoms with Gasteiger partial charge in [0.05, 0.1) is 12.3 Å². The quantitative estimate of drug-likeness (QED) is 0.300. The molecule has 3 aromatic rings. The Kier molecular flexibility index (Phi) is 5.85. The fourth-order valence-corrected chi connectivity index (χ4v) is 2.70. The molecule has 28 heavy (non-hydrogen) atoms. The maximum Gasteiger partial charge on any atom is 0.259 e. The van der Waals surface area contributed by atoms with Crippen molar-refractivity contribution in [3.63, 3.8) is 0 Å². The molecule has 0 spiro atoms. The van der Waals surface area contributed by atoms with E-state index in [0.717, 1.165) is 5.56 Å². The fourth-order valence-electron chi connectivity index (χ4n) is 2.70. The Bertz CT molecular complexity index is 962. The van der Waals surface area contributed by atoms with Gasteiger partial charge in [-0.3, -0.25) is 4.79 Å². The van der Waals surface area contributed by atoms with Crippen molar-refractivity contribution in [2.45, 2.75) is 24.9 Å². The van der Waals surface area contributed by atoms with Crippen molar-refractivity contribution in [2.24, 2.45) is 0 Å². The largest absolute Gasteiger partial charge is 0.394 e. The van der Waals surface area contributed by atoms with Crippen LogP contribution in [0.2, 0.25) is 0 Å². The van der Waals surface area contributed by atoms with E-state index in [2.05, 4.69) is 15.4 Å². The number of nitrogen functional groups attached to an aromatic ring is 1. The number of carbonyl (C=O) groups is 1. The summed E-state index contributed by atoms with van der Waals surface area (Å²) in [7, 11) is 0. The minimum Gasteiger partial charge on any atom is -0.394 e. The highest BCUT2D eigenvalue weighted by Gasteiger charge is 2.28. The van der Waals surface area contributed by atoms with Crippen LogP contribution in [0.3, 0.4) is 0 Å². The zero-order valence-electron chi connectivity index (χ0n) is 14.8. The number of hydrogen-bond donors (Lipinski definition) is 6. The normalized spacial score (nSPS) is 14.6. The molecule has 10 nitrogen and oxygen atoms in total. The number of nitrogens with one attached hydrogen (secondary N) is 1. The van der Waals surface area contributed by atoms with Gasteiger partial charge in [0.15, 0.2) is 11.5 Å². The fraction of sp³-hybridized carbons (Fsp3) is 0.278. The summed E-state index contributed by atoms with van der Waals surface area (Å²) in [5.74, 6) is -0.535. The third kappa shape index (κ3) is 3.94. The van der Waals surface area contributed by atoms with Crippen LogP contribution < -0.4 is 11.1 Å². The first-order valence-corrected chi connectivity index (χ1v) is 8.54. The molecule has 0 saturated heterocycles. The van der Waals surface area contributed by atoms with Gasteiger partial charge >= 0.3 is 0 Å². The van der Waals surface area contributed by atoms with Crippen molar-refractivity contribution in [1.82, 2.24) is 19.9 Å². The Morgan fingerprint density at radius 2 is 1.89 bits per heavy atom. The van der Waals surface area contributed by atoms with Crippen LogP contribution in [0.25, 0.3) is 5.65 Å². The predicted molar refractivity (Wildman–Crippen MR) is 99.1 cm³/mol. The van der Waals surface area contributed by atoms with E-state index in [1.54, 1.807) is 0 Å². The highest BCUT2D eigenvalue weighted by Crippen LogP contribution is 2.21. The molecule has 1 aromatic carbocycles. The number of aromatic nitrogens is 3. The molecule has 10 heteroatoms. The zero-order valence-corrected chi connectivity index (χ0v) is 14.8. The van der Waals surface area contributed by atoms with Crippen LogP contribution in [0.4, 0.5) is 5.82 Å². The molecule has 0 radical (unpaired) electrons. The van der Waals surface area contributed by atoms with Crippen LogP contribution in [0, 0.1) is 0 Å². The molecule has 3 atom stereocenters. The van der Waals surface area contributed by atoms with E-state index >= 15 is 0 Å². The number of amides is 1. The minimum absolute atomic E-state index is 0.00971. The maximum atomic E-state index is 12.6. The molecule has 0 aliphatic heterocycles. The number of carbonyl (C=O) groups excluding carboxylic acids is 1. The Labute approximate surface area is 159 Å². The third-order valence-electron chi connectivity index (χ3n) is 4.26. The van der Waals surface area contributed by atoms with E-state index in [4.69, 9.17) is 10.8 Å². The van der Waals surface area contributed by atoms with Crippen LogP contribution in [-0.2, 0) is 6.54 Å². The number of rotatable bonds is 7. The Morgan fingerprint density at radius 3 is 2.57 bits per heavy atom. The number of aliphatic hydroxyl groups excluding tert-OH is 4. The summed E-state index contributed by atoms with van der Waals surface area (Å²) in [6, 6.07) is 10.7. The number of nitrogens with zero attached hydrogens (tertiary/aromatic N) is 3. The molecule has 3 rings (SSSR count). The van der Waals surface area contributed by atoms with Crippen LogP contribution in [0.1, 0.15) is 27.7 Å². The summed E-state index contributed by atoms with van der Waals surface area (Å²) in [6.45, 7) is -0.451. The third-order valence-corrected chi connectivity index (χ3v) is 4.26. The topological polar surface area (TPSA) is 166 Å². The lowest BCUT2D eigenvalue weighted by molar-refractivity contribution is -0.0789. The van der Waals surface area contributed by atoms with E-state index in [-0.39, 0.29) is 29.3 Å².